The third-order valence-electron chi connectivity index (χ3n) is 5.31. The highest BCUT2D eigenvalue weighted by Crippen LogP contribution is 2.24. The highest BCUT2D eigenvalue weighted by molar-refractivity contribution is 5.79. The molecule has 1 fully saturated rings. The third kappa shape index (κ3) is 9.15. The van der Waals surface area contributed by atoms with E-state index in [9.17, 15) is 0 Å². The summed E-state index contributed by atoms with van der Waals surface area (Å²) in [6.07, 6.45) is 3.27. The quantitative estimate of drug-likeness (QED) is 0.319. The molecule has 6 nitrogen and oxygen atoms in total. The topological polar surface area (TPSA) is 52.1 Å². The fourth-order valence-electron chi connectivity index (χ4n) is 3.70. The summed E-state index contributed by atoms with van der Waals surface area (Å²) in [5, 5.41) is 6.79. The van der Waals surface area contributed by atoms with E-state index < -0.39 is 0 Å². The van der Waals surface area contributed by atoms with Gasteiger partial charge in [-0.2, -0.15) is 0 Å². The first-order chi connectivity index (χ1) is 14.2. The molecule has 0 saturated carbocycles. The van der Waals surface area contributed by atoms with Crippen LogP contribution in [0.25, 0.3) is 0 Å². The summed E-state index contributed by atoms with van der Waals surface area (Å²) in [6.45, 7) is 12.9. The Balaban J connectivity index is 1.76. The van der Waals surface area contributed by atoms with Gasteiger partial charge in [0.05, 0.1) is 0 Å². The normalized spacial score (nSPS) is 18.7. The number of benzene rings is 1. The van der Waals surface area contributed by atoms with E-state index in [1.807, 2.05) is 6.92 Å². The standard InChI is InChI=1S/C23H41N5O/c1-4-24-23(25-14-9-10-19-29-5-2)26-15-11-16-28-18-17-27(3)20-22(28)21-12-7-6-8-13-21/h6-8,12-13,22H,4-5,9-11,14-20H2,1-3H3,(H2,24,25,26). The second kappa shape index (κ2) is 14.4. The van der Waals surface area contributed by atoms with E-state index in [-0.39, 0.29) is 0 Å². The maximum atomic E-state index is 5.39. The number of piperazine rings is 1. The van der Waals surface area contributed by atoms with Crippen molar-refractivity contribution in [3.8, 4) is 0 Å². The zero-order chi connectivity index (χ0) is 20.7. The van der Waals surface area contributed by atoms with E-state index in [0.717, 1.165) is 84.2 Å². The highest BCUT2D eigenvalue weighted by Gasteiger charge is 2.25. The first-order valence-electron chi connectivity index (χ1n) is 11.3. The van der Waals surface area contributed by atoms with Crippen molar-refractivity contribution in [2.45, 2.75) is 39.2 Å². The number of rotatable bonds is 12. The molecule has 0 aliphatic carbocycles. The molecule has 1 aliphatic rings. The van der Waals surface area contributed by atoms with Crippen molar-refractivity contribution in [2.24, 2.45) is 4.99 Å². The Kier molecular flexibility index (Phi) is 11.7. The molecular formula is C23H41N5O. The number of guanidine groups is 1. The monoisotopic (exact) mass is 403 g/mol. The summed E-state index contributed by atoms with van der Waals surface area (Å²) in [5.41, 5.74) is 1.42. The predicted octanol–water partition coefficient (Wildman–Crippen LogP) is 2.74. The second-order valence-corrected chi connectivity index (χ2v) is 7.67. The molecule has 29 heavy (non-hydrogen) atoms. The Morgan fingerprint density at radius 2 is 1.93 bits per heavy atom. The van der Waals surface area contributed by atoms with Gasteiger partial charge < -0.3 is 20.3 Å². The summed E-state index contributed by atoms with van der Waals surface area (Å²) < 4.78 is 5.39. The summed E-state index contributed by atoms with van der Waals surface area (Å²) in [5.74, 6) is 0.932. The molecule has 1 aliphatic heterocycles. The molecule has 0 radical (unpaired) electrons. The number of likely N-dealkylation sites (N-methyl/N-ethyl adjacent to an activating group) is 1. The Morgan fingerprint density at radius 1 is 1.10 bits per heavy atom. The van der Waals surface area contributed by atoms with Gasteiger partial charge >= 0.3 is 0 Å². The molecule has 164 valence electrons. The van der Waals surface area contributed by atoms with Crippen LogP contribution in [0.3, 0.4) is 0 Å². The predicted molar refractivity (Wildman–Crippen MR) is 123 cm³/mol. The van der Waals surface area contributed by atoms with Crippen molar-refractivity contribution in [1.82, 2.24) is 20.4 Å². The minimum atomic E-state index is 0.482. The highest BCUT2D eigenvalue weighted by atomic mass is 16.5. The van der Waals surface area contributed by atoms with Crippen molar-refractivity contribution >= 4 is 5.96 Å². The van der Waals surface area contributed by atoms with Crippen LogP contribution in [-0.2, 0) is 4.74 Å². The van der Waals surface area contributed by atoms with Crippen molar-refractivity contribution < 1.29 is 4.74 Å². The maximum absolute atomic E-state index is 5.39. The van der Waals surface area contributed by atoms with Crippen LogP contribution in [0.2, 0.25) is 0 Å². The fourth-order valence-corrected chi connectivity index (χ4v) is 3.70. The Labute approximate surface area is 177 Å². The molecule has 1 saturated heterocycles. The molecule has 1 heterocycles. The van der Waals surface area contributed by atoms with E-state index in [1.165, 1.54) is 5.56 Å². The van der Waals surface area contributed by atoms with E-state index in [2.05, 4.69) is 64.7 Å². The number of hydrogen-bond donors (Lipinski definition) is 2. The SMILES string of the molecule is CCNC(=NCCCN1CCN(C)CC1c1ccccc1)NCCCCOCC. The lowest BCUT2D eigenvalue weighted by atomic mass is 10.0. The van der Waals surface area contributed by atoms with Gasteiger partial charge in [-0.05, 0) is 45.7 Å². The Bertz CT molecular complexity index is 566. The summed E-state index contributed by atoms with van der Waals surface area (Å²) in [6, 6.07) is 11.4. The van der Waals surface area contributed by atoms with Gasteiger partial charge in [-0.1, -0.05) is 30.3 Å². The first-order valence-corrected chi connectivity index (χ1v) is 11.3. The van der Waals surface area contributed by atoms with Gasteiger partial charge in [-0.15, -0.1) is 0 Å². The van der Waals surface area contributed by atoms with Crippen molar-refractivity contribution in [2.75, 3.05) is 66.1 Å². The van der Waals surface area contributed by atoms with Crippen LogP contribution in [0.1, 0.15) is 44.7 Å². The lowest BCUT2D eigenvalue weighted by Crippen LogP contribution is -2.47. The van der Waals surface area contributed by atoms with Crippen LogP contribution in [0.15, 0.2) is 35.3 Å². The molecule has 0 amide bonds. The largest absolute Gasteiger partial charge is 0.382 e. The van der Waals surface area contributed by atoms with E-state index in [4.69, 9.17) is 9.73 Å². The van der Waals surface area contributed by atoms with E-state index >= 15 is 0 Å². The number of hydrogen-bond acceptors (Lipinski definition) is 4. The van der Waals surface area contributed by atoms with Gasteiger partial charge in [-0.3, -0.25) is 9.89 Å². The van der Waals surface area contributed by atoms with Crippen LogP contribution in [0, 0.1) is 0 Å². The van der Waals surface area contributed by atoms with E-state index in [0.29, 0.717) is 6.04 Å². The van der Waals surface area contributed by atoms with Crippen LogP contribution in [-0.4, -0.2) is 81.8 Å². The first kappa shape index (κ1) is 23.6. The summed E-state index contributed by atoms with van der Waals surface area (Å²) >= 11 is 0. The van der Waals surface area contributed by atoms with Crippen LogP contribution < -0.4 is 10.6 Å². The second-order valence-electron chi connectivity index (χ2n) is 7.67. The molecule has 0 bridgehead atoms. The fraction of sp³-hybridized carbons (Fsp3) is 0.696. The van der Waals surface area contributed by atoms with Crippen LogP contribution in [0.5, 0.6) is 0 Å². The average Bonchev–Trinajstić information content (AvgIpc) is 2.75. The zero-order valence-corrected chi connectivity index (χ0v) is 18.7. The molecule has 1 unspecified atom stereocenters. The minimum Gasteiger partial charge on any atom is -0.382 e. The van der Waals surface area contributed by atoms with Crippen molar-refractivity contribution in [3.63, 3.8) is 0 Å². The number of aliphatic imine (C=N–C) groups is 1. The number of ether oxygens (including phenoxy) is 1. The number of unbranched alkanes of at least 4 members (excludes halogenated alkanes) is 1. The van der Waals surface area contributed by atoms with Gasteiger partial charge in [0.15, 0.2) is 5.96 Å². The maximum Gasteiger partial charge on any atom is 0.191 e. The smallest absolute Gasteiger partial charge is 0.191 e. The molecule has 1 aromatic rings. The molecule has 2 rings (SSSR count). The molecule has 1 atom stereocenters. The average molecular weight is 404 g/mol. The molecule has 1 aromatic carbocycles. The summed E-state index contributed by atoms with van der Waals surface area (Å²) in [4.78, 5) is 9.83. The molecule has 0 aromatic heterocycles. The number of nitrogens with zero attached hydrogens (tertiary/aromatic N) is 3. The van der Waals surface area contributed by atoms with E-state index in [1.54, 1.807) is 0 Å². The van der Waals surface area contributed by atoms with Crippen molar-refractivity contribution in [3.05, 3.63) is 35.9 Å². The lowest BCUT2D eigenvalue weighted by Gasteiger charge is -2.40. The van der Waals surface area contributed by atoms with Crippen LogP contribution in [0.4, 0.5) is 0 Å². The van der Waals surface area contributed by atoms with Gasteiger partial charge in [0.2, 0.25) is 0 Å². The van der Waals surface area contributed by atoms with Crippen LogP contribution >= 0.6 is 0 Å². The van der Waals surface area contributed by atoms with Gasteiger partial charge in [0, 0.05) is 65.1 Å². The number of nitrogens with one attached hydrogen (secondary N) is 2. The lowest BCUT2D eigenvalue weighted by molar-refractivity contribution is 0.0894. The third-order valence-corrected chi connectivity index (χ3v) is 5.31. The summed E-state index contributed by atoms with van der Waals surface area (Å²) in [7, 11) is 2.22. The molecule has 6 heteroatoms. The van der Waals surface area contributed by atoms with Gasteiger partial charge in [0.25, 0.3) is 0 Å². The Morgan fingerprint density at radius 3 is 2.69 bits per heavy atom. The van der Waals surface area contributed by atoms with Gasteiger partial charge in [-0.25, -0.2) is 0 Å². The zero-order valence-electron chi connectivity index (χ0n) is 18.7. The minimum absolute atomic E-state index is 0.482. The van der Waals surface area contributed by atoms with Gasteiger partial charge in [0.1, 0.15) is 0 Å². The molecule has 2 N–H and O–H groups in total. The Hall–Kier alpha value is -1.63. The van der Waals surface area contributed by atoms with Crippen molar-refractivity contribution in [1.29, 1.82) is 0 Å². The molecular weight excluding hydrogens is 362 g/mol. The molecule has 0 spiro atoms.